The fourth-order valence-electron chi connectivity index (χ4n) is 0.255. The van der Waals surface area contributed by atoms with Gasteiger partial charge in [-0.2, -0.15) is 0 Å². The highest BCUT2D eigenvalue weighted by Gasteiger charge is 2.34. The van der Waals surface area contributed by atoms with E-state index in [9.17, 15) is 9.59 Å². The molecular formula is C4H2Cl6N2O2. The van der Waals surface area contributed by atoms with Gasteiger partial charge < -0.3 is 0 Å². The summed E-state index contributed by atoms with van der Waals surface area (Å²) >= 11 is 30.9. The van der Waals surface area contributed by atoms with Crippen LogP contribution in [0.4, 0.5) is 0 Å². The van der Waals surface area contributed by atoms with Crippen molar-refractivity contribution in [2.24, 2.45) is 0 Å². The summed E-state index contributed by atoms with van der Waals surface area (Å²) in [5.41, 5.74) is 3.48. The van der Waals surface area contributed by atoms with E-state index in [1.165, 1.54) is 0 Å². The van der Waals surface area contributed by atoms with Crippen molar-refractivity contribution in [2.45, 2.75) is 7.59 Å². The smallest absolute Gasteiger partial charge is 0.268 e. The molecule has 0 aliphatic rings. The first-order chi connectivity index (χ1) is 6.05. The molecule has 4 nitrogen and oxygen atoms in total. The van der Waals surface area contributed by atoms with Crippen molar-refractivity contribution >= 4 is 81.4 Å². The normalized spacial score (nSPS) is 12.1. The van der Waals surface area contributed by atoms with Gasteiger partial charge in [-0.05, 0) is 0 Å². The monoisotopic (exact) mass is 320 g/mol. The number of carbonyl (C=O) groups excluding carboxylic acids is 2. The van der Waals surface area contributed by atoms with Gasteiger partial charge in [-0.3, -0.25) is 20.4 Å². The van der Waals surface area contributed by atoms with Crippen LogP contribution in [0.2, 0.25) is 0 Å². The summed E-state index contributed by atoms with van der Waals surface area (Å²) in [5, 5.41) is 0. The number of alkyl halides is 6. The predicted molar refractivity (Wildman–Crippen MR) is 56.9 cm³/mol. The molecule has 2 N–H and O–H groups in total. The molecule has 0 rings (SSSR count). The first kappa shape index (κ1) is 14.7. The van der Waals surface area contributed by atoms with E-state index in [0.717, 1.165) is 0 Å². The lowest BCUT2D eigenvalue weighted by Crippen LogP contribution is -2.50. The first-order valence-corrected chi connectivity index (χ1v) is 5.06. The molecule has 2 amide bonds. The van der Waals surface area contributed by atoms with Gasteiger partial charge in [-0.1, -0.05) is 69.6 Å². The zero-order valence-electron chi connectivity index (χ0n) is 6.08. The summed E-state index contributed by atoms with van der Waals surface area (Å²) in [4.78, 5) is 21.7. The van der Waals surface area contributed by atoms with E-state index < -0.39 is 19.4 Å². The van der Waals surface area contributed by atoms with Crippen molar-refractivity contribution in [2.75, 3.05) is 0 Å². The van der Waals surface area contributed by atoms with Gasteiger partial charge in [-0.15, -0.1) is 0 Å². The van der Waals surface area contributed by atoms with Gasteiger partial charge in [-0.25, -0.2) is 0 Å². The first-order valence-electron chi connectivity index (χ1n) is 2.79. The number of rotatable bonds is 0. The van der Waals surface area contributed by atoms with Crippen molar-refractivity contribution in [1.29, 1.82) is 0 Å². The zero-order valence-corrected chi connectivity index (χ0v) is 10.6. The summed E-state index contributed by atoms with van der Waals surface area (Å²) in [5.74, 6) is -2.16. The number of carbonyl (C=O) groups is 2. The largest absolute Gasteiger partial charge is 0.290 e. The van der Waals surface area contributed by atoms with Gasteiger partial charge in [0.25, 0.3) is 19.4 Å². The molecule has 0 radical (unpaired) electrons. The van der Waals surface area contributed by atoms with E-state index in [0.29, 0.717) is 0 Å². The summed E-state index contributed by atoms with van der Waals surface area (Å²) in [6.07, 6.45) is 0. The number of nitrogens with one attached hydrogen (secondary N) is 2. The average molecular weight is 323 g/mol. The maximum atomic E-state index is 10.8. The van der Waals surface area contributed by atoms with Crippen molar-refractivity contribution in [3.63, 3.8) is 0 Å². The molecule has 10 heteroatoms. The van der Waals surface area contributed by atoms with E-state index in [1.807, 2.05) is 0 Å². The van der Waals surface area contributed by atoms with E-state index in [2.05, 4.69) is 0 Å². The summed E-state index contributed by atoms with van der Waals surface area (Å²) in [6.45, 7) is 0. The Morgan fingerprint density at radius 2 is 0.929 bits per heavy atom. The van der Waals surface area contributed by atoms with Crippen molar-refractivity contribution in [3.8, 4) is 0 Å². The van der Waals surface area contributed by atoms with Crippen LogP contribution >= 0.6 is 69.6 Å². The number of amides is 2. The van der Waals surface area contributed by atoms with E-state index >= 15 is 0 Å². The lowest BCUT2D eigenvalue weighted by atomic mass is 10.7. The second-order valence-electron chi connectivity index (χ2n) is 1.90. The number of hydrogen-bond donors (Lipinski definition) is 2. The Morgan fingerprint density at radius 1 is 0.714 bits per heavy atom. The Hall–Kier alpha value is 0.680. The van der Waals surface area contributed by atoms with Gasteiger partial charge in [0.15, 0.2) is 0 Å². The van der Waals surface area contributed by atoms with E-state index in [4.69, 9.17) is 69.6 Å². The third-order valence-electron chi connectivity index (χ3n) is 0.804. The highest BCUT2D eigenvalue weighted by atomic mass is 35.6. The molecule has 0 aliphatic carbocycles. The van der Waals surface area contributed by atoms with Crippen LogP contribution in [-0.4, -0.2) is 19.4 Å². The maximum absolute atomic E-state index is 10.8. The Bertz CT molecular complexity index is 217. The number of halogens is 6. The lowest BCUT2D eigenvalue weighted by molar-refractivity contribution is -0.127. The van der Waals surface area contributed by atoms with Crippen LogP contribution < -0.4 is 10.9 Å². The Morgan fingerprint density at radius 3 is 1.07 bits per heavy atom. The molecule has 0 unspecified atom stereocenters. The van der Waals surface area contributed by atoms with Crippen LogP contribution in [0.5, 0.6) is 0 Å². The Labute approximate surface area is 109 Å². The molecule has 0 aromatic heterocycles. The average Bonchev–Trinajstić information content (AvgIpc) is 1.95. The fourth-order valence-corrected chi connectivity index (χ4v) is 0.539. The maximum Gasteiger partial charge on any atom is 0.290 e. The van der Waals surface area contributed by atoms with Crippen LogP contribution in [-0.2, 0) is 9.59 Å². The highest BCUT2D eigenvalue weighted by molar-refractivity contribution is 6.77. The van der Waals surface area contributed by atoms with Gasteiger partial charge in [0.1, 0.15) is 0 Å². The number of hydrogen-bond acceptors (Lipinski definition) is 2. The van der Waals surface area contributed by atoms with Gasteiger partial charge in [0.05, 0.1) is 0 Å². The molecule has 82 valence electrons. The molecule has 0 atom stereocenters. The minimum atomic E-state index is -2.21. The van der Waals surface area contributed by atoms with Gasteiger partial charge in [0.2, 0.25) is 0 Å². The fraction of sp³-hybridized carbons (Fsp3) is 0.500. The standard InChI is InChI=1S/C4H2Cl6N2O2/c5-3(6,7)1(13)11-12-2(14)4(8,9)10/h(H,11,13)(H,12,14). The van der Waals surface area contributed by atoms with Crippen LogP contribution in [0.3, 0.4) is 0 Å². The predicted octanol–water partition coefficient (Wildman–Crippen LogP) is 1.87. The minimum absolute atomic E-state index is 1.08. The van der Waals surface area contributed by atoms with Crippen LogP contribution in [0.1, 0.15) is 0 Å². The lowest BCUT2D eigenvalue weighted by Gasteiger charge is -2.14. The van der Waals surface area contributed by atoms with Crippen LogP contribution in [0.25, 0.3) is 0 Å². The molecular weight excluding hydrogens is 321 g/mol. The van der Waals surface area contributed by atoms with Crippen molar-refractivity contribution in [3.05, 3.63) is 0 Å². The SMILES string of the molecule is O=C(NNC(=O)C(Cl)(Cl)Cl)C(Cl)(Cl)Cl. The third kappa shape index (κ3) is 5.53. The Balaban J connectivity index is 4.10. The molecule has 14 heavy (non-hydrogen) atoms. The molecule has 0 aliphatic heterocycles. The quantitative estimate of drug-likeness (QED) is 0.528. The molecule has 0 saturated carbocycles. The van der Waals surface area contributed by atoms with Crippen LogP contribution in [0.15, 0.2) is 0 Å². The van der Waals surface area contributed by atoms with Gasteiger partial charge in [0, 0.05) is 0 Å². The summed E-state index contributed by atoms with van der Waals surface area (Å²) in [6, 6.07) is 0. The summed E-state index contributed by atoms with van der Waals surface area (Å²) in [7, 11) is 0. The second-order valence-corrected chi connectivity index (χ2v) is 6.47. The topological polar surface area (TPSA) is 58.2 Å². The van der Waals surface area contributed by atoms with Gasteiger partial charge >= 0.3 is 0 Å². The van der Waals surface area contributed by atoms with Crippen LogP contribution in [0, 0.1) is 0 Å². The highest BCUT2D eigenvalue weighted by Crippen LogP contribution is 2.27. The molecule has 0 fully saturated rings. The number of hydrazine groups is 1. The molecule has 0 aromatic carbocycles. The van der Waals surface area contributed by atoms with E-state index in [1.54, 1.807) is 10.9 Å². The zero-order chi connectivity index (χ0) is 11.6. The van der Waals surface area contributed by atoms with Crippen molar-refractivity contribution in [1.82, 2.24) is 10.9 Å². The molecule has 0 bridgehead atoms. The minimum Gasteiger partial charge on any atom is -0.268 e. The molecule has 0 heterocycles. The molecule has 0 saturated heterocycles. The molecule has 0 spiro atoms. The van der Waals surface area contributed by atoms with Crippen molar-refractivity contribution < 1.29 is 9.59 Å². The third-order valence-corrected chi connectivity index (χ3v) is 1.83. The Kier molecular flexibility index (Phi) is 5.39. The molecule has 0 aromatic rings. The summed E-state index contributed by atoms with van der Waals surface area (Å²) < 4.78 is -4.41. The van der Waals surface area contributed by atoms with E-state index in [-0.39, 0.29) is 0 Å². The second kappa shape index (κ2) is 5.14.